The highest BCUT2D eigenvalue weighted by Gasteiger charge is 2.22. The van der Waals surface area contributed by atoms with Crippen LogP contribution in [0.3, 0.4) is 0 Å². The fraction of sp³-hybridized carbons (Fsp3) is 0.533. The summed E-state index contributed by atoms with van der Waals surface area (Å²) < 4.78 is 0. The summed E-state index contributed by atoms with van der Waals surface area (Å²) in [6.45, 7) is 7.08. The van der Waals surface area contributed by atoms with Crippen molar-refractivity contribution in [2.45, 2.75) is 20.3 Å². The maximum Gasteiger partial charge on any atom is 0.222 e. The van der Waals surface area contributed by atoms with Crippen molar-refractivity contribution in [3.05, 3.63) is 23.9 Å². The lowest BCUT2D eigenvalue weighted by molar-refractivity contribution is -0.132. The highest BCUT2D eigenvalue weighted by atomic mass is 16.2. The molecule has 0 aliphatic carbocycles. The zero-order valence-electron chi connectivity index (χ0n) is 12.1. The molecule has 0 N–H and O–H groups in total. The van der Waals surface area contributed by atoms with Crippen molar-refractivity contribution in [3.63, 3.8) is 0 Å². The van der Waals surface area contributed by atoms with Crippen LogP contribution in [0.25, 0.3) is 0 Å². The minimum atomic E-state index is 0.231. The maximum atomic E-state index is 12.0. The third-order valence-corrected chi connectivity index (χ3v) is 3.42. The predicted octanol–water partition coefficient (Wildman–Crippen LogP) is 1.59. The van der Waals surface area contributed by atoms with Crippen LogP contribution in [0.4, 0.5) is 5.82 Å². The van der Waals surface area contributed by atoms with E-state index in [-0.39, 0.29) is 5.91 Å². The molecule has 0 unspecified atom stereocenters. The fourth-order valence-corrected chi connectivity index (χ4v) is 2.34. The van der Waals surface area contributed by atoms with Crippen molar-refractivity contribution in [1.29, 1.82) is 0 Å². The molecule has 20 heavy (non-hydrogen) atoms. The molecular weight excluding hydrogens is 254 g/mol. The molecular formula is C15H21N3O2. The summed E-state index contributed by atoms with van der Waals surface area (Å²) in [6, 6.07) is 5.43. The van der Waals surface area contributed by atoms with Gasteiger partial charge in [0.15, 0.2) is 6.29 Å². The number of carbonyl (C=O) groups excluding carboxylic acids is 2. The standard InChI is InChI=1S/C15H21N3O2/c1-12(2)10-15(20)18-8-6-17(7-9-18)14-5-3-4-13(11-19)16-14/h3-5,11-12H,6-10H2,1-2H3. The van der Waals surface area contributed by atoms with Crippen molar-refractivity contribution in [3.8, 4) is 0 Å². The molecule has 1 amide bonds. The van der Waals surface area contributed by atoms with Gasteiger partial charge in [-0.2, -0.15) is 0 Å². The lowest BCUT2D eigenvalue weighted by Crippen LogP contribution is -2.49. The molecule has 108 valence electrons. The van der Waals surface area contributed by atoms with Crippen LogP contribution in [0.2, 0.25) is 0 Å². The van der Waals surface area contributed by atoms with Crippen molar-refractivity contribution in [1.82, 2.24) is 9.88 Å². The molecule has 0 radical (unpaired) electrons. The van der Waals surface area contributed by atoms with Gasteiger partial charge in [-0.15, -0.1) is 0 Å². The van der Waals surface area contributed by atoms with Gasteiger partial charge < -0.3 is 9.80 Å². The Hall–Kier alpha value is -1.91. The maximum absolute atomic E-state index is 12.0. The lowest BCUT2D eigenvalue weighted by atomic mass is 10.1. The lowest BCUT2D eigenvalue weighted by Gasteiger charge is -2.35. The molecule has 0 aromatic carbocycles. The van der Waals surface area contributed by atoms with Crippen LogP contribution < -0.4 is 4.90 Å². The number of piperazine rings is 1. The number of hydrogen-bond donors (Lipinski definition) is 0. The Morgan fingerprint density at radius 2 is 2.00 bits per heavy atom. The second-order valence-electron chi connectivity index (χ2n) is 5.50. The van der Waals surface area contributed by atoms with Crippen molar-refractivity contribution < 1.29 is 9.59 Å². The number of nitrogens with zero attached hydrogens (tertiary/aromatic N) is 3. The van der Waals surface area contributed by atoms with Gasteiger partial charge in [0.25, 0.3) is 0 Å². The number of aldehydes is 1. The Kier molecular flexibility index (Phi) is 4.71. The molecule has 1 aromatic rings. The van der Waals surface area contributed by atoms with Crippen LogP contribution >= 0.6 is 0 Å². The molecule has 1 aliphatic heterocycles. The van der Waals surface area contributed by atoms with E-state index in [2.05, 4.69) is 23.7 Å². The summed E-state index contributed by atoms with van der Waals surface area (Å²) in [5.41, 5.74) is 0.445. The Labute approximate surface area is 119 Å². The van der Waals surface area contributed by atoms with Crippen LogP contribution in [0.1, 0.15) is 30.8 Å². The van der Waals surface area contributed by atoms with Gasteiger partial charge in [-0.25, -0.2) is 4.98 Å². The quantitative estimate of drug-likeness (QED) is 0.783. The fourth-order valence-electron chi connectivity index (χ4n) is 2.34. The minimum Gasteiger partial charge on any atom is -0.353 e. The van der Waals surface area contributed by atoms with Crippen molar-refractivity contribution in [2.75, 3.05) is 31.1 Å². The van der Waals surface area contributed by atoms with E-state index in [1.165, 1.54) is 0 Å². The summed E-state index contributed by atoms with van der Waals surface area (Å²) in [6.07, 6.45) is 1.37. The number of aromatic nitrogens is 1. The second kappa shape index (κ2) is 6.50. The molecule has 0 bridgehead atoms. The molecule has 5 nitrogen and oxygen atoms in total. The molecule has 1 aromatic heterocycles. The van der Waals surface area contributed by atoms with Crippen LogP contribution in [-0.4, -0.2) is 48.3 Å². The number of hydrogen-bond acceptors (Lipinski definition) is 4. The third-order valence-electron chi connectivity index (χ3n) is 3.42. The number of carbonyl (C=O) groups is 2. The van der Waals surface area contributed by atoms with Gasteiger partial charge in [-0.3, -0.25) is 9.59 Å². The topological polar surface area (TPSA) is 53.5 Å². The summed E-state index contributed by atoms with van der Waals surface area (Å²) in [7, 11) is 0. The predicted molar refractivity (Wildman–Crippen MR) is 77.9 cm³/mol. The molecule has 2 heterocycles. The monoisotopic (exact) mass is 275 g/mol. The molecule has 0 spiro atoms. The van der Waals surface area contributed by atoms with Crippen LogP contribution in [0, 0.1) is 5.92 Å². The SMILES string of the molecule is CC(C)CC(=O)N1CCN(c2cccc(C=O)n2)CC1. The van der Waals surface area contributed by atoms with Gasteiger partial charge in [0, 0.05) is 32.6 Å². The number of pyridine rings is 1. The molecule has 1 fully saturated rings. The Balaban J connectivity index is 1.93. The van der Waals surface area contributed by atoms with E-state index in [0.29, 0.717) is 18.0 Å². The van der Waals surface area contributed by atoms with Gasteiger partial charge in [0.1, 0.15) is 11.5 Å². The zero-order valence-corrected chi connectivity index (χ0v) is 12.1. The minimum absolute atomic E-state index is 0.231. The molecule has 2 rings (SSSR count). The van der Waals surface area contributed by atoms with E-state index in [9.17, 15) is 9.59 Å². The van der Waals surface area contributed by atoms with E-state index < -0.39 is 0 Å². The largest absolute Gasteiger partial charge is 0.353 e. The van der Waals surface area contributed by atoms with Crippen LogP contribution in [-0.2, 0) is 4.79 Å². The highest BCUT2D eigenvalue weighted by molar-refractivity contribution is 5.76. The molecule has 0 saturated carbocycles. The van der Waals surface area contributed by atoms with Gasteiger partial charge in [0.2, 0.25) is 5.91 Å². The third kappa shape index (κ3) is 3.56. The van der Waals surface area contributed by atoms with Gasteiger partial charge in [0.05, 0.1) is 0 Å². The number of anilines is 1. The Bertz CT molecular complexity index is 480. The molecule has 5 heteroatoms. The van der Waals surface area contributed by atoms with Gasteiger partial charge in [-0.1, -0.05) is 19.9 Å². The van der Waals surface area contributed by atoms with E-state index in [4.69, 9.17) is 0 Å². The molecule has 0 atom stereocenters. The van der Waals surface area contributed by atoms with E-state index in [1.54, 1.807) is 6.07 Å². The first-order valence-corrected chi connectivity index (χ1v) is 7.05. The van der Waals surface area contributed by atoms with E-state index in [1.807, 2.05) is 17.0 Å². The molecule has 1 aliphatic rings. The van der Waals surface area contributed by atoms with E-state index >= 15 is 0 Å². The van der Waals surface area contributed by atoms with E-state index in [0.717, 1.165) is 38.3 Å². The first kappa shape index (κ1) is 14.5. The zero-order chi connectivity index (χ0) is 14.5. The number of rotatable bonds is 4. The normalized spacial score (nSPS) is 15.6. The highest BCUT2D eigenvalue weighted by Crippen LogP contribution is 2.15. The van der Waals surface area contributed by atoms with Gasteiger partial charge >= 0.3 is 0 Å². The average molecular weight is 275 g/mol. The van der Waals surface area contributed by atoms with Crippen molar-refractivity contribution in [2.24, 2.45) is 5.92 Å². The van der Waals surface area contributed by atoms with Crippen molar-refractivity contribution >= 4 is 18.0 Å². The first-order valence-electron chi connectivity index (χ1n) is 7.05. The summed E-state index contributed by atoms with van der Waals surface area (Å²) in [5, 5.41) is 0. The Morgan fingerprint density at radius 1 is 1.30 bits per heavy atom. The summed E-state index contributed by atoms with van der Waals surface area (Å²) in [5.74, 6) is 1.44. The average Bonchev–Trinajstić information content (AvgIpc) is 2.47. The molecule has 1 saturated heterocycles. The van der Waals surface area contributed by atoms with Crippen LogP contribution in [0.5, 0.6) is 0 Å². The van der Waals surface area contributed by atoms with Crippen LogP contribution in [0.15, 0.2) is 18.2 Å². The number of amides is 1. The van der Waals surface area contributed by atoms with Gasteiger partial charge in [-0.05, 0) is 18.1 Å². The smallest absolute Gasteiger partial charge is 0.222 e. The summed E-state index contributed by atoms with van der Waals surface area (Å²) in [4.78, 5) is 31.1. The Morgan fingerprint density at radius 3 is 2.60 bits per heavy atom. The summed E-state index contributed by atoms with van der Waals surface area (Å²) >= 11 is 0. The second-order valence-corrected chi connectivity index (χ2v) is 5.50. The first-order chi connectivity index (χ1) is 9.60.